The second-order valence-electron chi connectivity index (χ2n) is 4.70. The number of aliphatic hydroxyl groups excluding tert-OH is 2. The van der Waals surface area contributed by atoms with Gasteiger partial charge >= 0.3 is 0 Å². The summed E-state index contributed by atoms with van der Waals surface area (Å²) in [6.07, 6.45) is -2.03. The molecule has 1 fully saturated rings. The van der Waals surface area contributed by atoms with Gasteiger partial charge in [0.2, 0.25) is 0 Å². The van der Waals surface area contributed by atoms with Crippen LogP contribution in [0.5, 0.6) is 0 Å². The van der Waals surface area contributed by atoms with Crippen molar-refractivity contribution in [3.8, 4) is 0 Å². The van der Waals surface area contributed by atoms with E-state index in [2.05, 4.69) is 0 Å². The van der Waals surface area contributed by atoms with E-state index in [-0.39, 0.29) is 19.6 Å². The van der Waals surface area contributed by atoms with Crippen LogP contribution in [0.3, 0.4) is 0 Å². The number of rotatable bonds is 4. The minimum Gasteiger partial charge on any atom is -0.389 e. The maximum atomic E-state index is 12.3. The van der Waals surface area contributed by atoms with Gasteiger partial charge in [-0.2, -0.15) is 17.0 Å². The zero-order valence-electron chi connectivity index (χ0n) is 10.7. The predicted molar refractivity (Wildman–Crippen MR) is 70.4 cm³/mol. The van der Waals surface area contributed by atoms with Crippen LogP contribution in [0.15, 0.2) is 30.3 Å². The van der Waals surface area contributed by atoms with Crippen LogP contribution < -0.4 is 0 Å². The van der Waals surface area contributed by atoms with E-state index in [0.29, 0.717) is 0 Å². The number of nitrogens with zero attached hydrogens (tertiary/aromatic N) is 2. The molecule has 1 aromatic rings. The first-order valence-electron chi connectivity index (χ1n) is 6.02. The Hall–Kier alpha value is -0.990. The van der Waals surface area contributed by atoms with Gasteiger partial charge in [-0.05, 0) is 5.56 Å². The molecule has 2 atom stereocenters. The molecule has 1 heterocycles. The van der Waals surface area contributed by atoms with E-state index in [1.54, 1.807) is 0 Å². The van der Waals surface area contributed by atoms with Crippen LogP contribution >= 0.6 is 0 Å². The molecule has 1 saturated heterocycles. The Kier molecular flexibility index (Phi) is 4.22. The lowest BCUT2D eigenvalue weighted by molar-refractivity contribution is 0.0572. The van der Waals surface area contributed by atoms with Gasteiger partial charge in [0, 0.05) is 26.7 Å². The number of hydrogen-bond donors (Lipinski definition) is 2. The van der Waals surface area contributed by atoms with Gasteiger partial charge in [0.25, 0.3) is 10.2 Å². The van der Waals surface area contributed by atoms with Crippen molar-refractivity contribution in [3.05, 3.63) is 35.9 Å². The monoisotopic (exact) mass is 286 g/mol. The summed E-state index contributed by atoms with van der Waals surface area (Å²) in [6, 6.07) is 9.25. The Balaban J connectivity index is 2.08. The number of benzene rings is 1. The molecular weight excluding hydrogens is 268 g/mol. The molecule has 0 spiro atoms. The first kappa shape index (κ1) is 14.4. The van der Waals surface area contributed by atoms with Gasteiger partial charge in [0.1, 0.15) is 0 Å². The van der Waals surface area contributed by atoms with Crippen LogP contribution in [0, 0.1) is 0 Å². The van der Waals surface area contributed by atoms with Crippen LogP contribution in [0.2, 0.25) is 0 Å². The maximum Gasteiger partial charge on any atom is 0.282 e. The first-order chi connectivity index (χ1) is 8.91. The zero-order chi connectivity index (χ0) is 14.0. The van der Waals surface area contributed by atoms with Gasteiger partial charge in [-0.25, -0.2) is 0 Å². The molecule has 7 heteroatoms. The van der Waals surface area contributed by atoms with Gasteiger partial charge in [0.15, 0.2) is 0 Å². The summed E-state index contributed by atoms with van der Waals surface area (Å²) in [5.41, 5.74) is 0.883. The summed E-state index contributed by atoms with van der Waals surface area (Å²) in [4.78, 5) is 0. The molecule has 2 N–H and O–H groups in total. The molecule has 0 radical (unpaired) electrons. The molecule has 0 unspecified atom stereocenters. The van der Waals surface area contributed by atoms with Crippen LogP contribution in [0.1, 0.15) is 5.56 Å². The molecule has 0 aliphatic carbocycles. The van der Waals surface area contributed by atoms with Crippen LogP contribution in [0.4, 0.5) is 0 Å². The molecule has 0 saturated carbocycles. The molecular formula is C12H18N2O4S. The van der Waals surface area contributed by atoms with Crippen LogP contribution in [-0.4, -0.2) is 59.6 Å². The Morgan fingerprint density at radius 1 is 1.21 bits per heavy atom. The lowest BCUT2D eigenvalue weighted by Gasteiger charge is -2.23. The summed E-state index contributed by atoms with van der Waals surface area (Å²) in [7, 11) is -2.17. The maximum absolute atomic E-state index is 12.3. The predicted octanol–water partition coefficient (Wildman–Crippen LogP) is -0.599. The molecule has 1 aromatic carbocycles. The number of aliphatic hydroxyl groups is 2. The summed E-state index contributed by atoms with van der Waals surface area (Å²) in [6.45, 7) is 0.122. The molecule has 19 heavy (non-hydrogen) atoms. The Morgan fingerprint density at radius 2 is 1.74 bits per heavy atom. The van der Waals surface area contributed by atoms with E-state index in [9.17, 15) is 18.6 Å². The highest BCUT2D eigenvalue weighted by atomic mass is 32.2. The highest BCUT2D eigenvalue weighted by Crippen LogP contribution is 2.18. The molecule has 106 valence electrons. The van der Waals surface area contributed by atoms with Crippen molar-refractivity contribution in [1.29, 1.82) is 0 Å². The average molecular weight is 286 g/mol. The van der Waals surface area contributed by atoms with E-state index < -0.39 is 22.4 Å². The SMILES string of the molecule is CN(Cc1ccccc1)S(=O)(=O)N1C[C@@H](O)[C@@H](O)C1. The molecule has 2 rings (SSSR count). The third-order valence-electron chi connectivity index (χ3n) is 3.19. The third-order valence-corrected chi connectivity index (χ3v) is 5.06. The molecule has 1 aliphatic heterocycles. The van der Waals surface area contributed by atoms with E-state index >= 15 is 0 Å². The molecule has 0 aromatic heterocycles. The lowest BCUT2D eigenvalue weighted by Crippen LogP contribution is -2.40. The summed E-state index contributed by atoms with van der Waals surface area (Å²) >= 11 is 0. The van der Waals surface area contributed by atoms with Crippen molar-refractivity contribution >= 4 is 10.2 Å². The fraction of sp³-hybridized carbons (Fsp3) is 0.500. The quantitative estimate of drug-likeness (QED) is 0.774. The van der Waals surface area contributed by atoms with E-state index in [1.165, 1.54) is 11.4 Å². The van der Waals surface area contributed by atoms with Crippen LogP contribution in [0.25, 0.3) is 0 Å². The molecule has 1 aliphatic rings. The van der Waals surface area contributed by atoms with E-state index in [1.807, 2.05) is 30.3 Å². The second kappa shape index (κ2) is 5.56. The van der Waals surface area contributed by atoms with Crippen molar-refractivity contribution in [2.75, 3.05) is 20.1 Å². The van der Waals surface area contributed by atoms with Gasteiger partial charge in [-0.1, -0.05) is 30.3 Å². The summed E-state index contributed by atoms with van der Waals surface area (Å²) in [5, 5.41) is 18.9. The Bertz CT molecular complexity index is 510. The van der Waals surface area contributed by atoms with Gasteiger partial charge in [0.05, 0.1) is 12.2 Å². The topological polar surface area (TPSA) is 81.1 Å². The number of β-amino-alcohol motifs (C(OH)–C–C–N with tert-alkyl or cyclic N) is 2. The largest absolute Gasteiger partial charge is 0.389 e. The van der Waals surface area contributed by atoms with Crippen molar-refractivity contribution in [2.24, 2.45) is 0 Å². The lowest BCUT2D eigenvalue weighted by atomic mass is 10.2. The van der Waals surface area contributed by atoms with Gasteiger partial charge in [-0.15, -0.1) is 0 Å². The second-order valence-corrected chi connectivity index (χ2v) is 6.74. The third kappa shape index (κ3) is 3.13. The van der Waals surface area contributed by atoms with Gasteiger partial charge < -0.3 is 10.2 Å². The van der Waals surface area contributed by atoms with Crippen molar-refractivity contribution in [3.63, 3.8) is 0 Å². The number of hydrogen-bond acceptors (Lipinski definition) is 4. The highest BCUT2D eigenvalue weighted by molar-refractivity contribution is 7.86. The highest BCUT2D eigenvalue weighted by Gasteiger charge is 2.38. The molecule has 0 amide bonds. The average Bonchev–Trinajstić information content (AvgIpc) is 2.71. The summed E-state index contributed by atoms with van der Waals surface area (Å²) in [5.74, 6) is 0. The van der Waals surface area contributed by atoms with Crippen molar-refractivity contribution in [1.82, 2.24) is 8.61 Å². The smallest absolute Gasteiger partial charge is 0.282 e. The fourth-order valence-corrected chi connectivity index (χ4v) is 3.43. The van der Waals surface area contributed by atoms with E-state index in [4.69, 9.17) is 0 Å². The van der Waals surface area contributed by atoms with Gasteiger partial charge in [-0.3, -0.25) is 0 Å². The van der Waals surface area contributed by atoms with Crippen LogP contribution in [-0.2, 0) is 16.8 Å². The fourth-order valence-electron chi connectivity index (χ4n) is 2.04. The molecule has 0 bridgehead atoms. The summed E-state index contributed by atoms with van der Waals surface area (Å²) < 4.78 is 26.8. The van der Waals surface area contributed by atoms with Crippen molar-refractivity contribution in [2.45, 2.75) is 18.8 Å². The van der Waals surface area contributed by atoms with Crippen molar-refractivity contribution < 1.29 is 18.6 Å². The standard InChI is InChI=1S/C12H18N2O4S/c1-13(7-10-5-3-2-4-6-10)19(17,18)14-8-11(15)12(16)9-14/h2-6,11-12,15-16H,7-9H2,1H3/t11-,12+. The first-order valence-corrected chi connectivity index (χ1v) is 7.42. The molecule has 6 nitrogen and oxygen atoms in total. The minimum absolute atomic E-state index is 0.0668. The van der Waals surface area contributed by atoms with E-state index in [0.717, 1.165) is 9.87 Å². The zero-order valence-corrected chi connectivity index (χ0v) is 11.5. The Labute approximate surface area is 113 Å². The minimum atomic E-state index is -3.66. The Morgan fingerprint density at radius 3 is 2.26 bits per heavy atom. The normalized spacial score (nSPS) is 25.1.